The Bertz CT molecular complexity index is 2870. The minimum absolute atomic E-state index is 0.903. The molecule has 52 heavy (non-hydrogen) atoms. The van der Waals surface area contributed by atoms with Gasteiger partial charge in [-0.15, -0.1) is 0 Å². The van der Waals surface area contributed by atoms with Gasteiger partial charge in [0.25, 0.3) is 0 Å². The van der Waals surface area contributed by atoms with E-state index in [9.17, 15) is 0 Å². The van der Waals surface area contributed by atoms with E-state index in [0.717, 1.165) is 50.1 Å². The number of rotatable bonds is 6. The van der Waals surface area contributed by atoms with Crippen LogP contribution in [0.4, 0.5) is 17.1 Å². The molecule has 10 rings (SSSR count). The van der Waals surface area contributed by atoms with E-state index in [-0.39, 0.29) is 0 Å². The van der Waals surface area contributed by atoms with Crippen LogP contribution in [0.25, 0.3) is 76.9 Å². The van der Waals surface area contributed by atoms with Crippen LogP contribution >= 0.6 is 0 Å². The minimum atomic E-state index is 0.903. The molecule has 0 amide bonds. The first kappa shape index (κ1) is 30.0. The van der Waals surface area contributed by atoms with Crippen molar-refractivity contribution in [1.29, 1.82) is 0 Å². The van der Waals surface area contributed by atoms with Crippen molar-refractivity contribution in [3.63, 3.8) is 0 Å². The van der Waals surface area contributed by atoms with Crippen molar-refractivity contribution in [3.8, 4) is 33.4 Å². The first-order valence-electron chi connectivity index (χ1n) is 17.8. The van der Waals surface area contributed by atoms with E-state index >= 15 is 0 Å². The minimum Gasteiger partial charge on any atom is -0.456 e. The van der Waals surface area contributed by atoms with E-state index < -0.39 is 0 Å². The van der Waals surface area contributed by atoms with Crippen molar-refractivity contribution < 1.29 is 4.42 Å². The third-order valence-corrected chi connectivity index (χ3v) is 10.3. The molecule has 2 heteroatoms. The fourth-order valence-corrected chi connectivity index (χ4v) is 7.68. The quantitative estimate of drug-likeness (QED) is 0.176. The Hall–Kier alpha value is -6.90. The summed E-state index contributed by atoms with van der Waals surface area (Å²) in [5.74, 6) is 0. The number of hydrogen-bond donors (Lipinski definition) is 0. The topological polar surface area (TPSA) is 16.4 Å². The fourth-order valence-electron chi connectivity index (χ4n) is 7.68. The molecule has 0 atom stereocenters. The summed E-state index contributed by atoms with van der Waals surface area (Å²) in [6.07, 6.45) is 0. The summed E-state index contributed by atoms with van der Waals surface area (Å²) in [7, 11) is 0. The van der Waals surface area contributed by atoms with Crippen LogP contribution < -0.4 is 4.90 Å². The van der Waals surface area contributed by atoms with Gasteiger partial charge in [0.1, 0.15) is 11.2 Å². The van der Waals surface area contributed by atoms with Gasteiger partial charge in [-0.05, 0) is 116 Å². The van der Waals surface area contributed by atoms with Gasteiger partial charge < -0.3 is 9.32 Å². The standard InChI is InChI=1S/C50H33NO/c1-3-11-35(12-4-1)43-29-30-44(46-18-10-9-17-45(43)46)36-21-26-42(27-22-36)51(40-15-5-2-6-16-40)41-24-19-34(20-25-41)39-23-28-47-48-31-37-13-7-8-14-38(37)32-50(48)52-49(47)33-39/h1-33H. The molecule has 0 fully saturated rings. The average Bonchev–Trinajstić information content (AvgIpc) is 3.57. The smallest absolute Gasteiger partial charge is 0.136 e. The summed E-state index contributed by atoms with van der Waals surface area (Å²) in [4.78, 5) is 2.32. The molecular formula is C50H33NO. The monoisotopic (exact) mass is 663 g/mol. The van der Waals surface area contributed by atoms with Crippen molar-refractivity contribution in [2.75, 3.05) is 4.90 Å². The third kappa shape index (κ3) is 5.21. The number of para-hydroxylation sites is 1. The Kier molecular flexibility index (Phi) is 7.18. The lowest BCUT2D eigenvalue weighted by atomic mass is 9.92. The number of anilines is 3. The van der Waals surface area contributed by atoms with Crippen LogP contribution in [0.5, 0.6) is 0 Å². The lowest BCUT2D eigenvalue weighted by Crippen LogP contribution is -2.09. The third-order valence-electron chi connectivity index (χ3n) is 10.3. The Balaban J connectivity index is 0.993. The molecule has 2 nitrogen and oxygen atoms in total. The maximum atomic E-state index is 6.38. The van der Waals surface area contributed by atoms with Crippen LogP contribution in [0.3, 0.4) is 0 Å². The van der Waals surface area contributed by atoms with E-state index in [1.54, 1.807) is 0 Å². The van der Waals surface area contributed by atoms with Crippen molar-refractivity contribution in [2.45, 2.75) is 0 Å². The predicted octanol–water partition coefficient (Wildman–Crippen LogP) is 14.4. The molecule has 244 valence electrons. The van der Waals surface area contributed by atoms with Gasteiger partial charge in [-0.25, -0.2) is 0 Å². The van der Waals surface area contributed by atoms with E-state index in [4.69, 9.17) is 4.42 Å². The molecule has 0 saturated heterocycles. The van der Waals surface area contributed by atoms with Crippen LogP contribution in [0.15, 0.2) is 205 Å². The molecule has 0 radical (unpaired) electrons. The second-order valence-corrected chi connectivity index (χ2v) is 13.3. The molecule has 1 aromatic heterocycles. The number of nitrogens with zero attached hydrogens (tertiary/aromatic N) is 1. The van der Waals surface area contributed by atoms with Crippen LogP contribution in [0.1, 0.15) is 0 Å². The van der Waals surface area contributed by atoms with Gasteiger partial charge in [0.05, 0.1) is 0 Å². The van der Waals surface area contributed by atoms with Gasteiger partial charge in [-0.1, -0.05) is 140 Å². The average molecular weight is 664 g/mol. The van der Waals surface area contributed by atoms with Gasteiger partial charge in [0, 0.05) is 27.8 Å². The molecule has 0 unspecified atom stereocenters. The molecule has 9 aromatic carbocycles. The SMILES string of the molecule is c1ccc(-c2ccc(-c3ccc(N(c4ccccc4)c4ccc(-c5ccc6c(c5)oc5cc7ccccc7cc56)cc4)cc3)c3ccccc23)cc1. The normalized spacial score (nSPS) is 11.5. The van der Waals surface area contributed by atoms with E-state index in [1.165, 1.54) is 43.8 Å². The highest BCUT2D eigenvalue weighted by Crippen LogP contribution is 2.40. The molecule has 0 aliphatic heterocycles. The summed E-state index contributed by atoms with van der Waals surface area (Å²) < 4.78 is 6.38. The highest BCUT2D eigenvalue weighted by molar-refractivity contribution is 6.11. The maximum Gasteiger partial charge on any atom is 0.136 e. The van der Waals surface area contributed by atoms with Crippen molar-refractivity contribution in [3.05, 3.63) is 200 Å². The van der Waals surface area contributed by atoms with Gasteiger partial charge in [0.2, 0.25) is 0 Å². The summed E-state index contributed by atoms with van der Waals surface area (Å²) in [6.45, 7) is 0. The molecule has 0 saturated carbocycles. The summed E-state index contributed by atoms with van der Waals surface area (Å²) >= 11 is 0. The predicted molar refractivity (Wildman–Crippen MR) is 220 cm³/mol. The Labute approximate surface area is 302 Å². The lowest BCUT2D eigenvalue weighted by molar-refractivity contribution is 0.669. The number of fused-ring (bicyclic) bond motifs is 5. The highest BCUT2D eigenvalue weighted by Gasteiger charge is 2.15. The van der Waals surface area contributed by atoms with E-state index in [0.29, 0.717) is 0 Å². The Morgan fingerprint density at radius 2 is 0.769 bits per heavy atom. The first-order valence-corrected chi connectivity index (χ1v) is 17.8. The molecule has 0 aliphatic rings. The molecule has 0 N–H and O–H groups in total. The first-order chi connectivity index (χ1) is 25.8. The number of furan rings is 1. The van der Waals surface area contributed by atoms with Gasteiger partial charge in [-0.2, -0.15) is 0 Å². The second kappa shape index (κ2) is 12.5. The number of hydrogen-bond acceptors (Lipinski definition) is 2. The van der Waals surface area contributed by atoms with Crippen LogP contribution in [0.2, 0.25) is 0 Å². The highest BCUT2D eigenvalue weighted by atomic mass is 16.3. The molecule has 10 aromatic rings. The molecule has 1 heterocycles. The summed E-state index contributed by atoms with van der Waals surface area (Å²) in [6, 6.07) is 71.6. The zero-order chi connectivity index (χ0) is 34.4. The Morgan fingerprint density at radius 3 is 1.42 bits per heavy atom. The van der Waals surface area contributed by atoms with Crippen molar-refractivity contribution in [2.24, 2.45) is 0 Å². The van der Waals surface area contributed by atoms with Crippen LogP contribution in [-0.2, 0) is 0 Å². The molecular weight excluding hydrogens is 631 g/mol. The molecule has 0 bridgehead atoms. The van der Waals surface area contributed by atoms with Crippen molar-refractivity contribution in [1.82, 2.24) is 0 Å². The van der Waals surface area contributed by atoms with Gasteiger partial charge in [-0.3, -0.25) is 0 Å². The van der Waals surface area contributed by atoms with Crippen LogP contribution in [0, 0.1) is 0 Å². The largest absolute Gasteiger partial charge is 0.456 e. The fraction of sp³-hybridized carbons (Fsp3) is 0. The molecule has 0 aliphatic carbocycles. The zero-order valence-electron chi connectivity index (χ0n) is 28.4. The van der Waals surface area contributed by atoms with Crippen LogP contribution in [-0.4, -0.2) is 0 Å². The molecule has 0 spiro atoms. The zero-order valence-corrected chi connectivity index (χ0v) is 28.4. The summed E-state index contributed by atoms with van der Waals surface area (Å²) in [5.41, 5.74) is 12.3. The summed E-state index contributed by atoms with van der Waals surface area (Å²) in [5, 5.41) is 7.21. The van der Waals surface area contributed by atoms with Crippen molar-refractivity contribution >= 4 is 60.5 Å². The lowest BCUT2D eigenvalue weighted by Gasteiger charge is -2.26. The Morgan fingerprint density at radius 1 is 0.288 bits per heavy atom. The van der Waals surface area contributed by atoms with Gasteiger partial charge in [0.15, 0.2) is 0 Å². The number of benzene rings is 9. The maximum absolute atomic E-state index is 6.38. The van der Waals surface area contributed by atoms with E-state index in [2.05, 4.69) is 205 Å². The second-order valence-electron chi connectivity index (χ2n) is 13.3. The van der Waals surface area contributed by atoms with E-state index in [1.807, 2.05) is 0 Å². The van der Waals surface area contributed by atoms with Gasteiger partial charge >= 0.3 is 0 Å².